The van der Waals surface area contributed by atoms with Gasteiger partial charge in [0.05, 0.1) is 0 Å². The van der Waals surface area contributed by atoms with Gasteiger partial charge in [0.2, 0.25) is 5.82 Å². The molecule has 0 saturated heterocycles. The number of nitrogens with one attached hydrogen (secondary N) is 1. The molecule has 0 aliphatic heterocycles. The number of alkyl halides is 3. The molecule has 0 atom stereocenters. The number of rotatable bonds is 2. The molecule has 0 aromatic carbocycles. The van der Waals surface area contributed by atoms with Crippen LogP contribution in [0.4, 0.5) is 19.0 Å². The van der Waals surface area contributed by atoms with Gasteiger partial charge in [-0.2, -0.15) is 13.2 Å². The molecule has 1 fully saturated rings. The Balaban J connectivity index is 2.14. The summed E-state index contributed by atoms with van der Waals surface area (Å²) in [5, 5.41) is 2.80. The third kappa shape index (κ3) is 3.48. The smallest absolute Gasteiger partial charge is 0.367 e. The molecule has 7 heteroatoms. The van der Waals surface area contributed by atoms with Crippen molar-refractivity contribution in [2.75, 3.05) is 5.32 Å². The molecule has 100 valence electrons. The maximum absolute atomic E-state index is 12.5. The fourth-order valence-corrected chi connectivity index (χ4v) is 2.26. The topological polar surface area (TPSA) is 37.8 Å². The Kier molecular flexibility index (Phi) is 3.94. The molecule has 1 heterocycles. The van der Waals surface area contributed by atoms with E-state index in [1.807, 2.05) is 0 Å². The van der Waals surface area contributed by atoms with Gasteiger partial charge in [-0.05, 0) is 12.8 Å². The van der Waals surface area contributed by atoms with Crippen LogP contribution in [0.3, 0.4) is 0 Å². The van der Waals surface area contributed by atoms with Gasteiger partial charge < -0.3 is 5.32 Å². The maximum Gasteiger partial charge on any atom is 0.451 e. The minimum absolute atomic E-state index is 0.147. The molecule has 0 unspecified atom stereocenters. The van der Waals surface area contributed by atoms with E-state index in [-0.39, 0.29) is 17.0 Å². The molecular weight excluding hydrogens is 267 g/mol. The van der Waals surface area contributed by atoms with Crippen LogP contribution in [0.1, 0.15) is 37.9 Å². The molecule has 0 bridgehead atoms. The number of hydrogen-bond acceptors (Lipinski definition) is 3. The Hall–Kier alpha value is -1.04. The van der Waals surface area contributed by atoms with E-state index in [0.29, 0.717) is 0 Å². The van der Waals surface area contributed by atoms with Crippen molar-refractivity contribution in [1.29, 1.82) is 0 Å². The van der Waals surface area contributed by atoms with Crippen molar-refractivity contribution < 1.29 is 13.2 Å². The van der Waals surface area contributed by atoms with E-state index in [9.17, 15) is 13.2 Å². The monoisotopic (exact) mass is 279 g/mol. The summed E-state index contributed by atoms with van der Waals surface area (Å²) in [6, 6.07) is 1.50. The molecule has 2 rings (SSSR count). The van der Waals surface area contributed by atoms with E-state index in [4.69, 9.17) is 11.6 Å². The van der Waals surface area contributed by atoms with Crippen molar-refractivity contribution >= 4 is 17.4 Å². The Morgan fingerprint density at radius 3 is 2.44 bits per heavy atom. The van der Waals surface area contributed by atoms with E-state index in [1.165, 1.54) is 12.5 Å². The highest BCUT2D eigenvalue weighted by Crippen LogP contribution is 2.29. The first-order valence-electron chi connectivity index (χ1n) is 5.83. The number of hydrogen-bond donors (Lipinski definition) is 1. The highest BCUT2D eigenvalue weighted by molar-refractivity contribution is 6.29. The van der Waals surface area contributed by atoms with Crippen LogP contribution in [0, 0.1) is 0 Å². The molecular formula is C11H13ClF3N3. The SMILES string of the molecule is FC(F)(F)c1nc(Cl)cc(NC2CCCCC2)n1. The predicted molar refractivity (Wildman–Crippen MR) is 62.5 cm³/mol. The summed E-state index contributed by atoms with van der Waals surface area (Å²) in [4.78, 5) is 6.65. The first-order valence-corrected chi connectivity index (χ1v) is 6.21. The fourth-order valence-electron chi connectivity index (χ4n) is 2.07. The first-order chi connectivity index (χ1) is 8.45. The maximum atomic E-state index is 12.5. The van der Waals surface area contributed by atoms with Gasteiger partial charge in [-0.3, -0.25) is 0 Å². The summed E-state index contributed by atoms with van der Waals surface area (Å²) in [5.74, 6) is -1.05. The van der Waals surface area contributed by atoms with Gasteiger partial charge in [0.1, 0.15) is 11.0 Å². The highest BCUT2D eigenvalue weighted by Gasteiger charge is 2.35. The average molecular weight is 280 g/mol. The van der Waals surface area contributed by atoms with Gasteiger partial charge in [0, 0.05) is 12.1 Å². The lowest BCUT2D eigenvalue weighted by Gasteiger charge is -2.23. The van der Waals surface area contributed by atoms with Crippen LogP contribution in [-0.2, 0) is 6.18 Å². The predicted octanol–water partition coefficient (Wildman–Crippen LogP) is 3.89. The van der Waals surface area contributed by atoms with Crippen LogP contribution in [0.2, 0.25) is 5.15 Å². The summed E-state index contributed by atoms with van der Waals surface area (Å²) in [6.07, 6.45) is 0.668. The van der Waals surface area contributed by atoms with Crippen LogP contribution in [0.15, 0.2) is 6.07 Å². The number of anilines is 1. The van der Waals surface area contributed by atoms with Gasteiger partial charge in [-0.1, -0.05) is 30.9 Å². The van der Waals surface area contributed by atoms with Crippen LogP contribution in [0.5, 0.6) is 0 Å². The molecule has 0 amide bonds. The minimum atomic E-state index is -4.58. The van der Waals surface area contributed by atoms with Gasteiger partial charge >= 0.3 is 6.18 Å². The number of nitrogens with zero attached hydrogens (tertiary/aromatic N) is 2. The van der Waals surface area contributed by atoms with Crippen molar-refractivity contribution in [1.82, 2.24) is 9.97 Å². The molecule has 1 saturated carbocycles. The van der Waals surface area contributed by atoms with E-state index < -0.39 is 12.0 Å². The lowest BCUT2D eigenvalue weighted by molar-refractivity contribution is -0.144. The van der Waals surface area contributed by atoms with Gasteiger partial charge in [0.15, 0.2) is 0 Å². The standard InChI is InChI=1S/C11H13ClF3N3/c12-8-6-9(16-7-4-2-1-3-5-7)18-10(17-8)11(13,14)15/h6-7H,1-5H2,(H,16,17,18). The van der Waals surface area contributed by atoms with Crippen molar-refractivity contribution in [3.63, 3.8) is 0 Å². The molecule has 3 nitrogen and oxygen atoms in total. The van der Waals surface area contributed by atoms with Crippen LogP contribution in [0.25, 0.3) is 0 Å². The number of halogens is 4. The van der Waals surface area contributed by atoms with E-state index in [0.717, 1.165) is 25.7 Å². The largest absolute Gasteiger partial charge is 0.451 e. The highest BCUT2D eigenvalue weighted by atomic mass is 35.5. The van der Waals surface area contributed by atoms with Crippen molar-refractivity contribution in [2.45, 2.75) is 44.3 Å². The summed E-state index contributed by atoms with van der Waals surface area (Å²) < 4.78 is 37.5. The molecule has 18 heavy (non-hydrogen) atoms. The Morgan fingerprint density at radius 1 is 1.17 bits per heavy atom. The fraction of sp³-hybridized carbons (Fsp3) is 0.636. The Bertz CT molecular complexity index is 416. The van der Waals surface area contributed by atoms with E-state index >= 15 is 0 Å². The third-order valence-corrected chi connectivity index (χ3v) is 3.10. The quantitative estimate of drug-likeness (QED) is 0.835. The van der Waals surface area contributed by atoms with E-state index in [2.05, 4.69) is 15.3 Å². The van der Waals surface area contributed by atoms with E-state index in [1.54, 1.807) is 0 Å². The zero-order valence-electron chi connectivity index (χ0n) is 9.60. The molecule has 1 aromatic heterocycles. The zero-order valence-corrected chi connectivity index (χ0v) is 10.4. The van der Waals surface area contributed by atoms with Crippen molar-refractivity contribution in [2.24, 2.45) is 0 Å². The number of aromatic nitrogens is 2. The average Bonchev–Trinajstić information content (AvgIpc) is 2.28. The normalized spacial score (nSPS) is 17.8. The second-order valence-corrected chi connectivity index (χ2v) is 4.76. The van der Waals surface area contributed by atoms with Crippen LogP contribution < -0.4 is 5.32 Å². The first kappa shape index (κ1) is 13.4. The molecule has 0 spiro atoms. The lowest BCUT2D eigenvalue weighted by Crippen LogP contribution is -2.23. The zero-order chi connectivity index (χ0) is 13.2. The molecule has 1 aromatic rings. The molecule has 0 radical (unpaired) electrons. The second kappa shape index (κ2) is 5.30. The lowest BCUT2D eigenvalue weighted by atomic mass is 9.95. The molecule has 1 aliphatic rings. The Morgan fingerprint density at radius 2 is 1.83 bits per heavy atom. The summed E-state index contributed by atoms with van der Waals surface area (Å²) >= 11 is 5.58. The van der Waals surface area contributed by atoms with Crippen LogP contribution in [-0.4, -0.2) is 16.0 Å². The third-order valence-electron chi connectivity index (χ3n) is 2.91. The molecule has 1 aliphatic carbocycles. The van der Waals surface area contributed by atoms with Crippen LogP contribution >= 0.6 is 11.6 Å². The summed E-state index contributed by atoms with van der Waals surface area (Å²) in [7, 11) is 0. The summed E-state index contributed by atoms with van der Waals surface area (Å²) in [6.45, 7) is 0. The van der Waals surface area contributed by atoms with Gasteiger partial charge in [-0.15, -0.1) is 0 Å². The molecule has 1 N–H and O–H groups in total. The minimum Gasteiger partial charge on any atom is -0.367 e. The summed E-state index contributed by atoms with van der Waals surface area (Å²) in [5.41, 5.74) is 0. The van der Waals surface area contributed by atoms with Gasteiger partial charge in [0.25, 0.3) is 0 Å². The van der Waals surface area contributed by atoms with Crippen molar-refractivity contribution in [3.8, 4) is 0 Å². The van der Waals surface area contributed by atoms with Crippen molar-refractivity contribution in [3.05, 3.63) is 17.0 Å². The van der Waals surface area contributed by atoms with Gasteiger partial charge in [-0.25, -0.2) is 9.97 Å². The Labute approximate surface area is 108 Å². The second-order valence-electron chi connectivity index (χ2n) is 4.38.